The summed E-state index contributed by atoms with van der Waals surface area (Å²) < 4.78 is 0. The van der Waals surface area contributed by atoms with E-state index >= 15 is 0 Å². The van der Waals surface area contributed by atoms with Crippen molar-refractivity contribution < 1.29 is 0 Å². The summed E-state index contributed by atoms with van der Waals surface area (Å²) in [5.74, 6) is 9.81. The molecule has 110 valence electrons. The molecule has 3 N–H and O–H groups in total. The van der Waals surface area contributed by atoms with Crippen molar-refractivity contribution >= 4 is 11.8 Å². The van der Waals surface area contributed by atoms with Gasteiger partial charge in [0.2, 0.25) is 0 Å². The van der Waals surface area contributed by atoms with Crippen LogP contribution in [0.2, 0.25) is 0 Å². The highest BCUT2D eigenvalue weighted by molar-refractivity contribution is 7.99. The molecule has 0 aromatic heterocycles. The Morgan fingerprint density at radius 1 is 1.25 bits per heavy atom. The normalized spacial score (nSPS) is 29.8. The fourth-order valence-corrected chi connectivity index (χ4v) is 5.00. The zero-order valence-corrected chi connectivity index (χ0v) is 13.2. The summed E-state index contributed by atoms with van der Waals surface area (Å²) in [6, 6.07) is 9.24. The predicted octanol–water partition coefficient (Wildman–Crippen LogP) is 3.75. The first-order valence-electron chi connectivity index (χ1n) is 7.90. The van der Waals surface area contributed by atoms with Crippen LogP contribution in [0.25, 0.3) is 0 Å². The molecule has 2 aliphatic carbocycles. The maximum absolute atomic E-state index is 5.77. The third kappa shape index (κ3) is 3.38. The lowest BCUT2D eigenvalue weighted by atomic mass is 9.84. The standard InChI is InChI=1S/C17H26N2S/c1-12-2-6-17(7-3-12)20-11-16(19-18)10-15-9-13-4-5-14(15)8-13/h2-3,6-7,13-16,19H,4-5,8-11,18H2,1H3. The lowest BCUT2D eigenvalue weighted by molar-refractivity contribution is 0.287. The molecule has 0 spiro atoms. The molecule has 2 aliphatic rings. The molecule has 2 nitrogen and oxygen atoms in total. The number of rotatable bonds is 6. The Kier molecular flexibility index (Phi) is 4.69. The summed E-state index contributed by atoms with van der Waals surface area (Å²) in [6.07, 6.45) is 7.17. The average Bonchev–Trinajstić information content (AvgIpc) is 3.07. The second kappa shape index (κ2) is 6.50. The predicted molar refractivity (Wildman–Crippen MR) is 86.6 cm³/mol. The van der Waals surface area contributed by atoms with Crippen molar-refractivity contribution in [2.24, 2.45) is 23.6 Å². The molecule has 0 saturated heterocycles. The van der Waals surface area contributed by atoms with E-state index < -0.39 is 0 Å². The van der Waals surface area contributed by atoms with Gasteiger partial charge in [-0.05, 0) is 62.5 Å². The number of hydrogen-bond acceptors (Lipinski definition) is 3. The highest BCUT2D eigenvalue weighted by atomic mass is 32.2. The van der Waals surface area contributed by atoms with Crippen molar-refractivity contribution in [1.29, 1.82) is 0 Å². The summed E-state index contributed by atoms with van der Waals surface area (Å²) in [5, 5.41) is 0. The Bertz CT molecular complexity index is 431. The Morgan fingerprint density at radius 3 is 2.65 bits per heavy atom. The molecule has 2 saturated carbocycles. The second-order valence-corrected chi connectivity index (χ2v) is 7.75. The van der Waals surface area contributed by atoms with Gasteiger partial charge < -0.3 is 0 Å². The second-order valence-electron chi connectivity index (χ2n) is 6.66. The summed E-state index contributed by atoms with van der Waals surface area (Å²) in [4.78, 5) is 1.35. The van der Waals surface area contributed by atoms with Crippen LogP contribution in [0.4, 0.5) is 0 Å². The quantitative estimate of drug-likeness (QED) is 0.476. The van der Waals surface area contributed by atoms with E-state index in [0.29, 0.717) is 6.04 Å². The zero-order valence-electron chi connectivity index (χ0n) is 12.3. The first-order valence-corrected chi connectivity index (χ1v) is 8.88. The molecule has 4 atom stereocenters. The molecule has 0 heterocycles. The van der Waals surface area contributed by atoms with Crippen LogP contribution < -0.4 is 11.3 Å². The van der Waals surface area contributed by atoms with Crippen molar-refractivity contribution in [3.05, 3.63) is 29.8 Å². The largest absolute Gasteiger partial charge is 0.271 e. The van der Waals surface area contributed by atoms with Gasteiger partial charge in [0.05, 0.1) is 0 Å². The highest BCUT2D eigenvalue weighted by Gasteiger charge is 2.39. The summed E-state index contributed by atoms with van der Waals surface area (Å²) in [7, 11) is 0. The van der Waals surface area contributed by atoms with E-state index in [4.69, 9.17) is 5.84 Å². The fourth-order valence-electron chi connectivity index (χ4n) is 4.05. The van der Waals surface area contributed by atoms with E-state index in [1.54, 1.807) is 0 Å². The van der Waals surface area contributed by atoms with E-state index in [9.17, 15) is 0 Å². The topological polar surface area (TPSA) is 38.0 Å². The Balaban J connectivity index is 1.48. The fraction of sp³-hybridized carbons (Fsp3) is 0.647. The maximum atomic E-state index is 5.77. The minimum atomic E-state index is 0.450. The Hall–Kier alpha value is -0.510. The number of nitrogens with one attached hydrogen (secondary N) is 1. The summed E-state index contributed by atoms with van der Waals surface area (Å²) >= 11 is 1.92. The number of hydrogen-bond donors (Lipinski definition) is 2. The van der Waals surface area contributed by atoms with Crippen LogP contribution in [0, 0.1) is 24.7 Å². The first-order chi connectivity index (χ1) is 9.74. The molecule has 3 rings (SSSR count). The maximum Gasteiger partial charge on any atom is 0.0307 e. The third-order valence-electron chi connectivity index (χ3n) is 5.18. The third-order valence-corrected chi connectivity index (χ3v) is 6.35. The van der Waals surface area contributed by atoms with Crippen molar-refractivity contribution in [2.45, 2.75) is 50.0 Å². The van der Waals surface area contributed by atoms with Crippen LogP contribution in [0.5, 0.6) is 0 Å². The molecule has 2 fully saturated rings. The van der Waals surface area contributed by atoms with Crippen molar-refractivity contribution in [3.63, 3.8) is 0 Å². The molecule has 0 aliphatic heterocycles. The molecule has 2 bridgehead atoms. The van der Waals surface area contributed by atoms with Crippen LogP contribution >= 0.6 is 11.8 Å². The molecular weight excluding hydrogens is 264 g/mol. The van der Waals surface area contributed by atoms with Crippen molar-refractivity contribution in [2.75, 3.05) is 5.75 Å². The van der Waals surface area contributed by atoms with Crippen LogP contribution in [0.3, 0.4) is 0 Å². The first kappa shape index (κ1) is 14.4. The van der Waals surface area contributed by atoms with E-state index in [-0.39, 0.29) is 0 Å². The minimum absolute atomic E-state index is 0.450. The van der Waals surface area contributed by atoms with Crippen LogP contribution in [0.15, 0.2) is 29.2 Å². The van der Waals surface area contributed by atoms with E-state index in [1.807, 2.05) is 11.8 Å². The summed E-state index contributed by atoms with van der Waals surface area (Å²) in [6.45, 7) is 2.13. The van der Waals surface area contributed by atoms with Gasteiger partial charge >= 0.3 is 0 Å². The lowest BCUT2D eigenvalue weighted by Gasteiger charge is -2.26. The number of hydrazine groups is 1. The molecule has 3 heteroatoms. The SMILES string of the molecule is Cc1ccc(SCC(CC2CC3CCC2C3)NN)cc1. The van der Waals surface area contributed by atoms with E-state index in [0.717, 1.165) is 23.5 Å². The summed E-state index contributed by atoms with van der Waals surface area (Å²) in [5.41, 5.74) is 4.37. The van der Waals surface area contributed by atoms with Crippen molar-refractivity contribution in [1.82, 2.24) is 5.43 Å². The zero-order chi connectivity index (χ0) is 13.9. The molecule has 4 unspecified atom stereocenters. The highest BCUT2D eigenvalue weighted by Crippen LogP contribution is 2.50. The minimum Gasteiger partial charge on any atom is -0.271 e. The van der Waals surface area contributed by atoms with E-state index in [1.165, 1.54) is 42.6 Å². The van der Waals surface area contributed by atoms with Gasteiger partial charge in [0.15, 0.2) is 0 Å². The van der Waals surface area contributed by atoms with Gasteiger partial charge in [-0.2, -0.15) is 0 Å². The van der Waals surface area contributed by atoms with Gasteiger partial charge in [0.1, 0.15) is 0 Å². The molecule has 1 aromatic carbocycles. The molecule has 0 radical (unpaired) electrons. The van der Waals surface area contributed by atoms with Gasteiger partial charge in [-0.15, -0.1) is 11.8 Å². The van der Waals surface area contributed by atoms with Gasteiger partial charge in [0, 0.05) is 16.7 Å². The van der Waals surface area contributed by atoms with Gasteiger partial charge in [-0.1, -0.05) is 24.1 Å². The molecule has 0 amide bonds. The Morgan fingerprint density at radius 2 is 2.05 bits per heavy atom. The molecule has 20 heavy (non-hydrogen) atoms. The molecular formula is C17H26N2S. The monoisotopic (exact) mass is 290 g/mol. The van der Waals surface area contributed by atoms with Crippen LogP contribution in [-0.2, 0) is 0 Å². The van der Waals surface area contributed by atoms with Crippen molar-refractivity contribution in [3.8, 4) is 0 Å². The number of thioether (sulfide) groups is 1. The Labute approximate surface area is 126 Å². The smallest absolute Gasteiger partial charge is 0.0307 e. The molecule has 1 aromatic rings. The van der Waals surface area contributed by atoms with Crippen LogP contribution in [-0.4, -0.2) is 11.8 Å². The number of nitrogens with two attached hydrogens (primary N) is 1. The average molecular weight is 290 g/mol. The lowest BCUT2D eigenvalue weighted by Crippen LogP contribution is -2.39. The van der Waals surface area contributed by atoms with Gasteiger partial charge in [-0.25, -0.2) is 0 Å². The van der Waals surface area contributed by atoms with Crippen LogP contribution in [0.1, 0.15) is 37.7 Å². The van der Waals surface area contributed by atoms with E-state index in [2.05, 4.69) is 36.6 Å². The van der Waals surface area contributed by atoms with Gasteiger partial charge in [0.25, 0.3) is 0 Å². The van der Waals surface area contributed by atoms with Gasteiger partial charge in [-0.3, -0.25) is 11.3 Å². The number of aryl methyl sites for hydroxylation is 1. The number of benzene rings is 1. The number of fused-ring (bicyclic) bond motifs is 2.